The van der Waals surface area contributed by atoms with Crippen LogP contribution in [0.2, 0.25) is 5.02 Å². The van der Waals surface area contributed by atoms with Gasteiger partial charge in [0.1, 0.15) is 12.4 Å². The van der Waals surface area contributed by atoms with E-state index >= 15 is 0 Å². The van der Waals surface area contributed by atoms with Crippen LogP contribution in [0.4, 0.5) is 0 Å². The van der Waals surface area contributed by atoms with Crippen LogP contribution in [-0.4, -0.2) is 24.7 Å². The number of carboxylic acids is 1. The number of hydrogen-bond donors (Lipinski definition) is 1. The number of hydrazone groups is 1. The summed E-state index contributed by atoms with van der Waals surface area (Å²) in [7, 11) is 0. The molecule has 0 unspecified atom stereocenters. The van der Waals surface area contributed by atoms with E-state index in [1.54, 1.807) is 42.5 Å². The van der Waals surface area contributed by atoms with Crippen molar-refractivity contribution in [3.63, 3.8) is 0 Å². The molecule has 118 valence electrons. The zero-order valence-electron chi connectivity index (χ0n) is 11.9. The molecule has 7 heteroatoms. The third kappa shape index (κ3) is 5.12. The largest absolute Gasteiger partial charge is 0.546 e. The lowest BCUT2D eigenvalue weighted by Crippen LogP contribution is -2.29. The van der Waals surface area contributed by atoms with Crippen molar-refractivity contribution < 1.29 is 19.4 Å². The van der Waals surface area contributed by atoms with Crippen molar-refractivity contribution in [2.24, 2.45) is 5.10 Å². The van der Waals surface area contributed by atoms with Gasteiger partial charge in [0.15, 0.2) is 0 Å². The van der Waals surface area contributed by atoms with E-state index in [1.807, 2.05) is 0 Å². The number of aliphatic carboxylic acids is 1. The predicted molar refractivity (Wildman–Crippen MR) is 83.5 cm³/mol. The van der Waals surface area contributed by atoms with Gasteiger partial charge in [-0.3, -0.25) is 4.79 Å². The molecule has 6 nitrogen and oxygen atoms in total. The summed E-state index contributed by atoms with van der Waals surface area (Å²) in [5.74, 6) is -1.43. The van der Waals surface area contributed by atoms with Gasteiger partial charge in [-0.2, -0.15) is 5.10 Å². The fourth-order valence-corrected chi connectivity index (χ4v) is 1.90. The van der Waals surface area contributed by atoms with Crippen LogP contribution in [0, 0.1) is 0 Å². The molecule has 0 aliphatic heterocycles. The normalized spacial score (nSPS) is 10.5. The Balaban J connectivity index is 2.03. The van der Waals surface area contributed by atoms with Gasteiger partial charge in [-0.15, -0.1) is 0 Å². The molecule has 2 aromatic rings. The van der Waals surface area contributed by atoms with E-state index in [-0.39, 0.29) is 0 Å². The molecule has 0 saturated carbocycles. The molecule has 0 saturated heterocycles. The van der Waals surface area contributed by atoms with Crippen LogP contribution < -0.4 is 15.3 Å². The molecule has 23 heavy (non-hydrogen) atoms. The number of ether oxygens (including phenoxy) is 1. The molecule has 0 fully saturated rings. The van der Waals surface area contributed by atoms with Gasteiger partial charge >= 0.3 is 0 Å². The molecular formula is C16H12ClN2O4-. The fraction of sp³-hybridized carbons (Fsp3) is 0.0625. The van der Waals surface area contributed by atoms with Crippen molar-refractivity contribution >= 4 is 29.7 Å². The number of carbonyl (C=O) groups is 2. The molecular weight excluding hydrogens is 320 g/mol. The molecule has 0 atom stereocenters. The maximum atomic E-state index is 11.9. The maximum absolute atomic E-state index is 11.9. The number of nitrogens with zero attached hydrogens (tertiary/aromatic N) is 1. The van der Waals surface area contributed by atoms with E-state index in [1.165, 1.54) is 12.3 Å². The molecule has 0 heterocycles. The van der Waals surface area contributed by atoms with Gasteiger partial charge < -0.3 is 14.6 Å². The SMILES string of the molecule is O=C([O-])COc1ccccc1/C=N\NC(=O)c1cccc(Cl)c1. The zero-order chi connectivity index (χ0) is 16.7. The second kappa shape index (κ2) is 7.95. The Hall–Kier alpha value is -2.86. The first-order chi connectivity index (χ1) is 11.1. The van der Waals surface area contributed by atoms with Crippen molar-refractivity contribution in [1.29, 1.82) is 0 Å². The number of hydrogen-bond acceptors (Lipinski definition) is 5. The van der Waals surface area contributed by atoms with Gasteiger partial charge in [-0.1, -0.05) is 29.8 Å². The van der Waals surface area contributed by atoms with Crippen molar-refractivity contribution in [1.82, 2.24) is 5.43 Å². The summed E-state index contributed by atoms with van der Waals surface area (Å²) in [6.07, 6.45) is 1.35. The summed E-state index contributed by atoms with van der Waals surface area (Å²) in [5.41, 5.74) is 3.24. The number of carboxylic acid groups (broad SMARTS) is 1. The molecule has 0 aliphatic carbocycles. The van der Waals surface area contributed by atoms with Crippen LogP contribution in [0.3, 0.4) is 0 Å². The highest BCUT2D eigenvalue weighted by Gasteiger charge is 2.05. The van der Waals surface area contributed by atoms with Crippen LogP contribution in [0.15, 0.2) is 53.6 Å². The minimum atomic E-state index is -1.33. The topological polar surface area (TPSA) is 90.8 Å². The number of para-hydroxylation sites is 1. The first kappa shape index (κ1) is 16.5. The average molecular weight is 332 g/mol. The predicted octanol–water partition coefficient (Wildman–Crippen LogP) is 1.23. The van der Waals surface area contributed by atoms with Crippen LogP contribution in [0.5, 0.6) is 5.75 Å². The quantitative estimate of drug-likeness (QED) is 0.636. The minimum absolute atomic E-state index is 0.317. The van der Waals surface area contributed by atoms with Crippen LogP contribution in [0.25, 0.3) is 0 Å². The van der Waals surface area contributed by atoms with Gasteiger partial charge in [0, 0.05) is 16.1 Å². The Morgan fingerprint density at radius 2 is 2.00 bits per heavy atom. The number of nitrogens with one attached hydrogen (secondary N) is 1. The Bertz CT molecular complexity index is 746. The zero-order valence-corrected chi connectivity index (χ0v) is 12.6. The summed E-state index contributed by atoms with van der Waals surface area (Å²) in [6, 6.07) is 13.1. The highest BCUT2D eigenvalue weighted by atomic mass is 35.5. The smallest absolute Gasteiger partial charge is 0.271 e. The van der Waals surface area contributed by atoms with Crippen molar-refractivity contribution in [3.8, 4) is 5.75 Å². The lowest BCUT2D eigenvalue weighted by atomic mass is 10.2. The second-order valence-corrected chi connectivity index (χ2v) is 4.84. The number of benzene rings is 2. The number of amides is 1. The van der Waals surface area contributed by atoms with E-state index in [0.29, 0.717) is 21.9 Å². The molecule has 0 radical (unpaired) electrons. The molecule has 1 N–H and O–H groups in total. The molecule has 0 aromatic heterocycles. The maximum Gasteiger partial charge on any atom is 0.271 e. The lowest BCUT2D eigenvalue weighted by molar-refractivity contribution is -0.307. The Morgan fingerprint density at radius 3 is 2.74 bits per heavy atom. The monoisotopic (exact) mass is 331 g/mol. The van der Waals surface area contributed by atoms with Gasteiger partial charge in [0.25, 0.3) is 5.91 Å². The second-order valence-electron chi connectivity index (χ2n) is 4.41. The summed E-state index contributed by atoms with van der Waals surface area (Å²) in [5, 5.41) is 14.7. The van der Waals surface area contributed by atoms with E-state index < -0.39 is 18.5 Å². The molecule has 2 aromatic carbocycles. The minimum Gasteiger partial charge on any atom is -0.546 e. The van der Waals surface area contributed by atoms with Crippen LogP contribution in [-0.2, 0) is 4.79 Å². The molecule has 0 spiro atoms. The van der Waals surface area contributed by atoms with E-state index in [4.69, 9.17) is 16.3 Å². The standard InChI is InChI=1S/C16H13ClN2O4/c17-13-6-3-5-11(8-13)16(22)19-18-9-12-4-1-2-7-14(12)23-10-15(20)21/h1-9H,10H2,(H,19,22)(H,20,21)/p-1/b18-9-. The number of halogens is 1. The third-order valence-electron chi connectivity index (χ3n) is 2.72. The van der Waals surface area contributed by atoms with Crippen LogP contribution >= 0.6 is 11.6 Å². The molecule has 0 aliphatic rings. The van der Waals surface area contributed by atoms with Gasteiger partial charge in [0.05, 0.1) is 12.2 Å². The first-order valence-corrected chi connectivity index (χ1v) is 6.94. The molecule has 2 rings (SSSR count). The number of carbonyl (C=O) groups excluding carboxylic acids is 2. The molecule has 1 amide bonds. The first-order valence-electron chi connectivity index (χ1n) is 6.57. The summed E-state index contributed by atoms with van der Waals surface area (Å²) < 4.78 is 5.07. The van der Waals surface area contributed by atoms with Crippen molar-refractivity contribution in [3.05, 3.63) is 64.7 Å². The fourth-order valence-electron chi connectivity index (χ4n) is 1.71. The summed E-state index contributed by atoms with van der Waals surface area (Å²) >= 11 is 5.81. The Kier molecular flexibility index (Phi) is 5.71. The van der Waals surface area contributed by atoms with Crippen molar-refractivity contribution in [2.45, 2.75) is 0 Å². The molecule has 0 bridgehead atoms. The van der Waals surface area contributed by atoms with Crippen LogP contribution in [0.1, 0.15) is 15.9 Å². The van der Waals surface area contributed by atoms with E-state index in [0.717, 1.165) is 0 Å². The van der Waals surface area contributed by atoms with Crippen molar-refractivity contribution in [2.75, 3.05) is 6.61 Å². The summed E-state index contributed by atoms with van der Waals surface area (Å²) in [4.78, 5) is 22.3. The highest BCUT2D eigenvalue weighted by Crippen LogP contribution is 2.15. The van der Waals surface area contributed by atoms with E-state index in [9.17, 15) is 14.7 Å². The average Bonchev–Trinajstić information content (AvgIpc) is 2.53. The van der Waals surface area contributed by atoms with Gasteiger partial charge in [-0.25, -0.2) is 5.43 Å². The summed E-state index contributed by atoms with van der Waals surface area (Å²) in [6.45, 7) is -0.570. The van der Waals surface area contributed by atoms with E-state index in [2.05, 4.69) is 10.5 Å². The number of rotatable bonds is 6. The lowest BCUT2D eigenvalue weighted by Gasteiger charge is -2.09. The third-order valence-corrected chi connectivity index (χ3v) is 2.96. The van der Waals surface area contributed by atoms with Gasteiger partial charge in [0.2, 0.25) is 0 Å². The Labute approximate surface area is 137 Å². The highest BCUT2D eigenvalue weighted by molar-refractivity contribution is 6.30. The Morgan fingerprint density at radius 1 is 1.22 bits per heavy atom. The van der Waals surface area contributed by atoms with Gasteiger partial charge in [-0.05, 0) is 30.3 Å².